The summed E-state index contributed by atoms with van der Waals surface area (Å²) in [6, 6.07) is 15.1. The molecule has 1 aromatic heterocycles. The molecule has 4 bridgehead atoms. The van der Waals surface area contributed by atoms with Crippen LogP contribution in [0, 0.1) is 0 Å². The molecule has 1 spiro atoms. The van der Waals surface area contributed by atoms with Gasteiger partial charge in [0, 0.05) is 12.3 Å². The van der Waals surface area contributed by atoms with Crippen molar-refractivity contribution in [2.24, 2.45) is 4.99 Å². The molecule has 0 N–H and O–H groups in total. The minimum atomic E-state index is -0.767. The molecule has 5 aliphatic heterocycles. The number of para-hydroxylation sites is 2. The minimum Gasteiger partial charge on any atom is -0.326 e. The molecule has 2 saturated heterocycles. The van der Waals surface area contributed by atoms with Crippen molar-refractivity contribution in [2.45, 2.75) is 30.3 Å². The summed E-state index contributed by atoms with van der Waals surface area (Å²) in [7, 11) is 0. The smallest absolute Gasteiger partial charge is 0.262 e. The summed E-state index contributed by atoms with van der Waals surface area (Å²) in [5, 5.41) is 1.62. The van der Waals surface area contributed by atoms with E-state index in [4.69, 9.17) is 9.98 Å². The highest BCUT2D eigenvalue weighted by molar-refractivity contribution is 8.14. The molecule has 7 heteroatoms. The zero-order valence-corrected chi connectivity index (χ0v) is 17.1. The monoisotopic (exact) mass is 414 g/mol. The molecule has 0 saturated carbocycles. The first kappa shape index (κ1) is 16.8. The molecule has 2 fully saturated rings. The van der Waals surface area contributed by atoms with Crippen LogP contribution in [-0.2, 0) is 15.7 Å². The van der Waals surface area contributed by atoms with Gasteiger partial charge in [-0.15, -0.1) is 11.8 Å². The normalized spacial score (nSPS) is 30.6. The molecule has 30 heavy (non-hydrogen) atoms. The van der Waals surface area contributed by atoms with Crippen LogP contribution < -0.4 is 5.56 Å². The molecular formula is C23H18N4O2S. The second-order valence-corrected chi connectivity index (χ2v) is 9.68. The lowest BCUT2D eigenvalue weighted by molar-refractivity contribution is -0.157. The summed E-state index contributed by atoms with van der Waals surface area (Å²) in [6.07, 6.45) is 0.550. The Morgan fingerprint density at radius 3 is 2.80 bits per heavy atom. The van der Waals surface area contributed by atoms with E-state index in [2.05, 4.69) is 13.0 Å². The highest BCUT2D eigenvalue weighted by atomic mass is 32.2. The van der Waals surface area contributed by atoms with Crippen molar-refractivity contribution in [3.05, 3.63) is 70.3 Å². The quantitative estimate of drug-likeness (QED) is 0.567. The summed E-state index contributed by atoms with van der Waals surface area (Å²) in [5.41, 5.74) is 1.45. The van der Waals surface area contributed by atoms with Gasteiger partial charge in [0.25, 0.3) is 5.56 Å². The topological polar surface area (TPSA) is 67.6 Å². The maximum Gasteiger partial charge on any atom is 0.262 e. The van der Waals surface area contributed by atoms with Crippen LogP contribution in [0.25, 0.3) is 10.9 Å². The van der Waals surface area contributed by atoms with Crippen LogP contribution in [0.1, 0.15) is 30.8 Å². The summed E-state index contributed by atoms with van der Waals surface area (Å²) < 4.78 is 1.68. The maximum atomic E-state index is 13.6. The third kappa shape index (κ3) is 1.61. The van der Waals surface area contributed by atoms with Gasteiger partial charge in [-0.3, -0.25) is 14.2 Å². The molecular weight excluding hydrogens is 396 g/mol. The van der Waals surface area contributed by atoms with Gasteiger partial charge < -0.3 is 4.90 Å². The van der Waals surface area contributed by atoms with Crippen LogP contribution in [0.2, 0.25) is 0 Å². The Bertz CT molecular complexity index is 1400. The number of carbonyl (C=O) groups excluding carboxylic acids is 1. The van der Waals surface area contributed by atoms with Crippen LogP contribution in [0.4, 0.5) is 5.69 Å². The van der Waals surface area contributed by atoms with Crippen molar-refractivity contribution in [1.82, 2.24) is 14.5 Å². The van der Waals surface area contributed by atoms with E-state index in [-0.39, 0.29) is 11.5 Å². The molecule has 5 aliphatic rings. The van der Waals surface area contributed by atoms with Crippen LogP contribution in [0.5, 0.6) is 0 Å². The van der Waals surface area contributed by atoms with Crippen molar-refractivity contribution in [2.75, 3.05) is 12.3 Å². The van der Waals surface area contributed by atoms with Gasteiger partial charge in [-0.25, -0.2) is 9.98 Å². The van der Waals surface area contributed by atoms with E-state index in [1.165, 1.54) is 0 Å². The number of amides is 1. The Balaban J connectivity index is 1.66. The van der Waals surface area contributed by atoms with Gasteiger partial charge in [-0.1, -0.05) is 30.3 Å². The van der Waals surface area contributed by atoms with E-state index >= 15 is 0 Å². The highest BCUT2D eigenvalue weighted by Gasteiger charge is 2.71. The number of piperidine rings is 1. The number of aromatic nitrogens is 2. The van der Waals surface area contributed by atoms with Gasteiger partial charge in [0.05, 0.1) is 27.0 Å². The Hall–Kier alpha value is -2.93. The summed E-state index contributed by atoms with van der Waals surface area (Å²) in [6.45, 7) is 2.72. The van der Waals surface area contributed by atoms with E-state index in [1.807, 2.05) is 41.3 Å². The van der Waals surface area contributed by atoms with Crippen molar-refractivity contribution >= 4 is 39.3 Å². The third-order valence-electron chi connectivity index (χ3n) is 7.48. The molecule has 0 radical (unpaired) electrons. The first-order valence-electron chi connectivity index (χ1n) is 10.2. The zero-order valence-electron chi connectivity index (χ0n) is 16.3. The maximum absolute atomic E-state index is 13.6. The average Bonchev–Trinajstić information content (AvgIpc) is 3.02. The number of hydrogen-bond donors (Lipinski definition) is 0. The fraction of sp³-hybridized carbons (Fsp3) is 0.304. The Morgan fingerprint density at radius 2 is 1.90 bits per heavy atom. The lowest BCUT2D eigenvalue weighted by Crippen LogP contribution is -2.72. The standard InChI is InChI=1S/C23H18N4O2S/c1-22-20-24-15-8-4-2-6-13(15)18(28)27(20)17-12-23(22)14-7-3-5-9-16(14)25-21(23)30-11-10-26(22)19(17)29/h2-9,17H,10-12H2,1H3/t17-,22+,23-/m1/s1. The number of thioether (sulfide) groups is 1. The number of benzene rings is 2. The largest absolute Gasteiger partial charge is 0.326 e. The number of carbonyl (C=O) groups is 1. The number of aliphatic imine (C=N–C) groups is 1. The number of hydrogen-bond acceptors (Lipinski definition) is 5. The SMILES string of the molecule is C[C@]12c3nc4ccccc4c(=O)n3[C@@H]3C[C@@]14C(=Nc1ccccc14)SCCN2C3=O. The first-order valence-corrected chi connectivity index (χ1v) is 11.2. The molecule has 0 unspecified atom stereocenters. The molecule has 3 aromatic rings. The van der Waals surface area contributed by atoms with Crippen LogP contribution in [0.3, 0.4) is 0 Å². The van der Waals surface area contributed by atoms with Gasteiger partial charge in [0.15, 0.2) is 0 Å². The van der Waals surface area contributed by atoms with E-state index in [9.17, 15) is 9.59 Å². The number of fused-ring (bicyclic) bond motifs is 2. The summed E-state index contributed by atoms with van der Waals surface area (Å²) >= 11 is 1.74. The van der Waals surface area contributed by atoms with Crippen LogP contribution >= 0.6 is 11.8 Å². The van der Waals surface area contributed by atoms with Gasteiger partial charge in [-0.2, -0.15) is 0 Å². The molecule has 1 amide bonds. The molecule has 6 heterocycles. The van der Waals surface area contributed by atoms with Crippen molar-refractivity contribution in [3.8, 4) is 0 Å². The second-order valence-electron chi connectivity index (χ2n) is 8.60. The van der Waals surface area contributed by atoms with E-state index in [0.717, 1.165) is 22.0 Å². The average molecular weight is 414 g/mol. The number of rotatable bonds is 0. The Morgan fingerprint density at radius 1 is 1.10 bits per heavy atom. The molecule has 6 nitrogen and oxygen atoms in total. The second kappa shape index (κ2) is 5.21. The van der Waals surface area contributed by atoms with Crippen LogP contribution in [0.15, 0.2) is 58.3 Å². The lowest BCUT2D eigenvalue weighted by Gasteiger charge is -2.60. The van der Waals surface area contributed by atoms with Gasteiger partial charge in [-0.05, 0) is 37.1 Å². The first-order chi connectivity index (χ1) is 14.6. The Labute approximate surface area is 176 Å². The fourth-order valence-corrected chi connectivity index (χ4v) is 7.41. The predicted octanol–water partition coefficient (Wildman–Crippen LogP) is 3.13. The van der Waals surface area contributed by atoms with E-state index < -0.39 is 17.0 Å². The zero-order chi connectivity index (χ0) is 20.3. The Kier molecular flexibility index (Phi) is 2.92. The van der Waals surface area contributed by atoms with Crippen molar-refractivity contribution in [1.29, 1.82) is 0 Å². The lowest BCUT2D eigenvalue weighted by atomic mass is 9.57. The van der Waals surface area contributed by atoms with Crippen LogP contribution in [-0.4, -0.2) is 37.7 Å². The van der Waals surface area contributed by atoms with Gasteiger partial charge in [0.2, 0.25) is 5.91 Å². The molecule has 148 valence electrons. The molecule has 3 atom stereocenters. The van der Waals surface area contributed by atoms with E-state index in [1.54, 1.807) is 22.4 Å². The molecule has 2 aromatic carbocycles. The third-order valence-corrected chi connectivity index (χ3v) is 8.58. The molecule has 8 rings (SSSR count). The van der Waals surface area contributed by atoms with Gasteiger partial charge in [0.1, 0.15) is 17.4 Å². The summed E-state index contributed by atoms with van der Waals surface area (Å²) in [4.78, 5) is 39.1. The van der Waals surface area contributed by atoms with E-state index in [0.29, 0.717) is 29.7 Å². The minimum absolute atomic E-state index is 0.0287. The van der Waals surface area contributed by atoms with Crippen molar-refractivity contribution in [3.63, 3.8) is 0 Å². The fourth-order valence-electron chi connectivity index (χ4n) is 6.14. The summed E-state index contributed by atoms with van der Waals surface area (Å²) in [5.74, 6) is 1.51. The van der Waals surface area contributed by atoms with Gasteiger partial charge >= 0.3 is 0 Å². The predicted molar refractivity (Wildman–Crippen MR) is 116 cm³/mol. The number of nitrogens with zero attached hydrogens (tertiary/aromatic N) is 4. The molecule has 0 aliphatic carbocycles. The highest BCUT2D eigenvalue weighted by Crippen LogP contribution is 2.64. The van der Waals surface area contributed by atoms with Crippen molar-refractivity contribution < 1.29 is 4.79 Å².